The number of nitrogens with one attached hydrogen (secondary N) is 3. The van der Waals surface area contributed by atoms with Crippen molar-refractivity contribution in [1.82, 2.24) is 16.0 Å². The van der Waals surface area contributed by atoms with Crippen molar-refractivity contribution in [3.05, 3.63) is 0 Å². The van der Waals surface area contributed by atoms with Crippen molar-refractivity contribution >= 4 is 29.6 Å². The molecule has 0 aliphatic heterocycles. The number of rotatable bonds is 17. The number of hydrogen-bond donors (Lipinski definition) is 8. The van der Waals surface area contributed by atoms with E-state index < -0.39 is 60.4 Å². The lowest BCUT2D eigenvalue weighted by atomic mass is 9.97. The Morgan fingerprint density at radius 3 is 2.00 bits per heavy atom. The zero-order valence-corrected chi connectivity index (χ0v) is 19.2. The van der Waals surface area contributed by atoms with Crippen LogP contribution in [0.25, 0.3) is 0 Å². The van der Waals surface area contributed by atoms with Gasteiger partial charge in [-0.2, -0.15) is 0 Å². The summed E-state index contributed by atoms with van der Waals surface area (Å²) < 4.78 is 0. The van der Waals surface area contributed by atoms with Gasteiger partial charge in [-0.05, 0) is 38.1 Å². The highest BCUT2D eigenvalue weighted by Crippen LogP contribution is 2.10. The lowest BCUT2D eigenvalue weighted by Crippen LogP contribution is -2.59. The van der Waals surface area contributed by atoms with Crippen molar-refractivity contribution in [2.75, 3.05) is 13.2 Å². The van der Waals surface area contributed by atoms with Crippen molar-refractivity contribution in [2.24, 2.45) is 23.1 Å². The molecule has 0 saturated carbocycles. The van der Waals surface area contributed by atoms with Crippen LogP contribution in [0.15, 0.2) is 0 Å². The normalized spacial score (nSPS) is 15.4. The number of aliphatic hydroxyl groups is 1. The second-order valence-corrected chi connectivity index (χ2v) is 7.91. The Labute approximate surface area is 193 Å². The smallest absolute Gasteiger partial charge is 0.328 e. The van der Waals surface area contributed by atoms with Crippen LogP contribution < -0.4 is 33.2 Å². The van der Waals surface area contributed by atoms with Crippen LogP contribution in [0.5, 0.6) is 0 Å². The molecular weight excluding hydrogens is 436 g/mol. The quantitative estimate of drug-likeness (QED) is 0.102. The molecule has 33 heavy (non-hydrogen) atoms. The fourth-order valence-electron chi connectivity index (χ4n) is 2.87. The molecule has 0 rings (SSSR count). The van der Waals surface area contributed by atoms with E-state index in [1.807, 2.05) is 0 Å². The molecule has 13 heteroatoms. The van der Waals surface area contributed by atoms with Crippen LogP contribution in [-0.2, 0) is 24.0 Å². The van der Waals surface area contributed by atoms with Gasteiger partial charge in [0.15, 0.2) is 0 Å². The van der Waals surface area contributed by atoms with Gasteiger partial charge in [0, 0.05) is 6.42 Å². The van der Waals surface area contributed by atoms with Gasteiger partial charge in [0.05, 0.1) is 12.6 Å². The Hall–Kier alpha value is -2.77. The van der Waals surface area contributed by atoms with Crippen LogP contribution in [0.3, 0.4) is 0 Å². The van der Waals surface area contributed by atoms with Gasteiger partial charge in [0.25, 0.3) is 0 Å². The SMILES string of the molecule is CCC(C)C(NC(=O)C(CCCCN)NC(=O)C(N)CCC(N)=O)C(=O)NC(CO)C(=O)O. The number of unbranched alkanes of at least 4 members (excludes halogenated alkanes) is 1. The molecule has 13 nitrogen and oxygen atoms in total. The van der Waals surface area contributed by atoms with E-state index >= 15 is 0 Å². The van der Waals surface area contributed by atoms with E-state index in [0.717, 1.165) is 0 Å². The molecule has 0 saturated heterocycles. The van der Waals surface area contributed by atoms with E-state index in [1.54, 1.807) is 13.8 Å². The van der Waals surface area contributed by atoms with E-state index in [0.29, 0.717) is 25.8 Å². The van der Waals surface area contributed by atoms with Gasteiger partial charge in [-0.15, -0.1) is 0 Å². The Balaban J connectivity index is 5.44. The fourth-order valence-corrected chi connectivity index (χ4v) is 2.87. The van der Waals surface area contributed by atoms with Gasteiger partial charge in [0.2, 0.25) is 23.6 Å². The highest BCUT2D eigenvalue weighted by atomic mass is 16.4. The maximum Gasteiger partial charge on any atom is 0.328 e. The van der Waals surface area contributed by atoms with Crippen LogP contribution in [-0.4, -0.2) is 77.1 Å². The Kier molecular flexibility index (Phi) is 14.6. The highest BCUT2D eigenvalue weighted by molar-refractivity contribution is 5.94. The molecule has 0 aliphatic rings. The molecule has 0 aliphatic carbocycles. The molecular formula is C20H38N6O7. The summed E-state index contributed by atoms with van der Waals surface area (Å²) in [5.41, 5.74) is 16.3. The maximum absolute atomic E-state index is 13.0. The number of nitrogens with two attached hydrogens (primary N) is 3. The van der Waals surface area contributed by atoms with Crippen LogP contribution in [0.1, 0.15) is 52.4 Å². The minimum absolute atomic E-state index is 0.00788. The molecule has 11 N–H and O–H groups in total. The van der Waals surface area contributed by atoms with Crippen molar-refractivity contribution < 1.29 is 34.2 Å². The molecule has 0 radical (unpaired) electrons. The molecule has 0 aromatic rings. The van der Waals surface area contributed by atoms with Crippen LogP contribution in [0.2, 0.25) is 0 Å². The first kappa shape index (κ1) is 30.2. The number of carboxylic acid groups (broad SMARTS) is 1. The number of aliphatic carboxylic acids is 1. The molecule has 5 unspecified atom stereocenters. The van der Waals surface area contributed by atoms with Crippen LogP contribution in [0, 0.1) is 5.92 Å². The number of carbonyl (C=O) groups excluding carboxylic acids is 4. The Morgan fingerprint density at radius 1 is 0.909 bits per heavy atom. The average molecular weight is 475 g/mol. The average Bonchev–Trinajstić information content (AvgIpc) is 2.77. The number of hydrogen-bond acceptors (Lipinski definition) is 8. The standard InChI is InChI=1S/C20H38N6O7/c1-3-11(2)16(19(31)25-14(10-27)20(32)33)26-18(30)13(6-4-5-9-21)24-17(29)12(22)7-8-15(23)28/h11-14,16,27H,3-10,21-22H2,1-2H3,(H2,23,28)(H,24,29)(H,25,31)(H,26,30)(H,32,33). The highest BCUT2D eigenvalue weighted by Gasteiger charge is 2.32. The predicted molar refractivity (Wildman–Crippen MR) is 119 cm³/mol. The number of amides is 4. The summed E-state index contributed by atoms with van der Waals surface area (Å²) in [5.74, 6) is -4.49. The molecule has 4 amide bonds. The van der Waals surface area contributed by atoms with Crippen molar-refractivity contribution in [2.45, 2.75) is 76.5 Å². The first-order valence-corrected chi connectivity index (χ1v) is 11.0. The Morgan fingerprint density at radius 2 is 1.52 bits per heavy atom. The fraction of sp³-hybridized carbons (Fsp3) is 0.750. The van der Waals surface area contributed by atoms with Gasteiger partial charge < -0.3 is 43.4 Å². The lowest BCUT2D eigenvalue weighted by Gasteiger charge is -2.28. The minimum atomic E-state index is -1.52. The number of carboxylic acids is 1. The molecule has 0 fully saturated rings. The minimum Gasteiger partial charge on any atom is -0.480 e. The van der Waals surface area contributed by atoms with Gasteiger partial charge in [0.1, 0.15) is 18.1 Å². The van der Waals surface area contributed by atoms with E-state index in [2.05, 4.69) is 16.0 Å². The van der Waals surface area contributed by atoms with E-state index in [1.165, 1.54) is 0 Å². The molecule has 190 valence electrons. The van der Waals surface area contributed by atoms with Gasteiger partial charge >= 0.3 is 5.97 Å². The van der Waals surface area contributed by atoms with Crippen LogP contribution in [0.4, 0.5) is 0 Å². The van der Waals surface area contributed by atoms with Crippen LogP contribution >= 0.6 is 0 Å². The van der Waals surface area contributed by atoms with E-state index in [9.17, 15) is 24.0 Å². The van der Waals surface area contributed by atoms with E-state index in [4.69, 9.17) is 27.4 Å². The van der Waals surface area contributed by atoms with Crippen molar-refractivity contribution in [3.63, 3.8) is 0 Å². The second kappa shape index (κ2) is 15.9. The Bertz CT molecular complexity index is 675. The summed E-state index contributed by atoms with van der Waals surface area (Å²) in [6, 6.07) is -4.72. The van der Waals surface area contributed by atoms with Gasteiger partial charge in [-0.1, -0.05) is 20.3 Å². The maximum atomic E-state index is 13.0. The third-order valence-electron chi connectivity index (χ3n) is 5.21. The second-order valence-electron chi connectivity index (χ2n) is 7.91. The predicted octanol–water partition coefficient (Wildman–Crippen LogP) is -2.71. The third-order valence-corrected chi connectivity index (χ3v) is 5.21. The molecule has 0 heterocycles. The molecule has 0 spiro atoms. The number of carbonyl (C=O) groups is 5. The third kappa shape index (κ3) is 11.6. The van der Waals surface area contributed by atoms with Crippen molar-refractivity contribution in [1.29, 1.82) is 0 Å². The zero-order chi connectivity index (χ0) is 25.6. The first-order chi connectivity index (χ1) is 15.5. The largest absolute Gasteiger partial charge is 0.480 e. The summed E-state index contributed by atoms with van der Waals surface area (Å²) >= 11 is 0. The number of primary amides is 1. The van der Waals surface area contributed by atoms with Crippen molar-refractivity contribution in [3.8, 4) is 0 Å². The van der Waals surface area contributed by atoms with E-state index in [-0.39, 0.29) is 25.2 Å². The summed E-state index contributed by atoms with van der Waals surface area (Å²) in [4.78, 5) is 60.1. The summed E-state index contributed by atoms with van der Waals surface area (Å²) in [6.45, 7) is 3.05. The molecule has 0 aromatic carbocycles. The summed E-state index contributed by atoms with van der Waals surface area (Å²) in [6.07, 6.45) is 1.73. The topological polar surface area (TPSA) is 240 Å². The molecule has 0 bridgehead atoms. The van der Waals surface area contributed by atoms with Gasteiger partial charge in [-0.25, -0.2) is 4.79 Å². The molecule has 0 aromatic heterocycles. The lowest BCUT2D eigenvalue weighted by molar-refractivity contribution is -0.143. The number of aliphatic hydroxyl groups excluding tert-OH is 1. The summed E-state index contributed by atoms with van der Waals surface area (Å²) in [5, 5.41) is 25.5. The van der Waals surface area contributed by atoms with Gasteiger partial charge in [-0.3, -0.25) is 19.2 Å². The summed E-state index contributed by atoms with van der Waals surface area (Å²) in [7, 11) is 0. The first-order valence-electron chi connectivity index (χ1n) is 11.0. The zero-order valence-electron chi connectivity index (χ0n) is 19.2. The molecule has 5 atom stereocenters. The monoisotopic (exact) mass is 474 g/mol.